The predicted molar refractivity (Wildman–Crippen MR) is 162 cm³/mol. The van der Waals surface area contributed by atoms with Gasteiger partial charge in [0, 0.05) is 50.5 Å². The van der Waals surface area contributed by atoms with Crippen molar-refractivity contribution in [3.8, 4) is 5.75 Å². The maximum atomic E-state index is 6.25. The van der Waals surface area contributed by atoms with Crippen molar-refractivity contribution in [3.63, 3.8) is 0 Å². The maximum absolute atomic E-state index is 6.25. The Morgan fingerprint density at radius 3 is 2.03 bits per heavy atom. The first-order valence-electron chi connectivity index (χ1n) is 11.2. The fourth-order valence-corrected chi connectivity index (χ4v) is 4.75. The fraction of sp³-hybridized carbons (Fsp3) is 0.565. The van der Waals surface area contributed by atoms with Crippen LogP contribution >= 0.6 is 61.4 Å². The number of hydrogen-bond donors (Lipinski definition) is 2. The highest BCUT2D eigenvalue weighted by atomic mass is 35.5. The van der Waals surface area contributed by atoms with E-state index in [1.165, 1.54) is 13.0 Å². The first-order chi connectivity index (χ1) is 15.5. The minimum absolute atomic E-state index is 0. The molecule has 13 heteroatoms. The number of rotatable bonds is 11. The van der Waals surface area contributed by atoms with Crippen LogP contribution in [-0.4, -0.2) is 97.4 Å². The molecule has 208 valence electrons. The molecule has 8 nitrogen and oxygen atoms in total. The summed E-state index contributed by atoms with van der Waals surface area (Å²) >= 11 is 1.62. The van der Waals surface area contributed by atoms with Crippen molar-refractivity contribution in [2.75, 3.05) is 84.2 Å². The molecule has 0 radical (unpaired) electrons. The Bertz CT molecular complexity index is 851. The molecule has 0 unspecified atom stereocenters. The monoisotopic (exact) mass is 603 g/mol. The zero-order valence-corrected chi connectivity index (χ0v) is 25.3. The highest BCUT2D eigenvalue weighted by Gasteiger charge is 2.17. The molecule has 0 saturated carbocycles. The van der Waals surface area contributed by atoms with Crippen molar-refractivity contribution in [2.24, 2.45) is 0 Å². The van der Waals surface area contributed by atoms with Crippen LogP contribution < -0.4 is 16.2 Å². The zero-order valence-electron chi connectivity index (χ0n) is 21.2. The first kappa shape index (κ1) is 37.2. The lowest BCUT2D eigenvalue weighted by atomic mass is 10.1. The van der Waals surface area contributed by atoms with Gasteiger partial charge < -0.3 is 26.0 Å². The molecule has 1 aromatic heterocycles. The van der Waals surface area contributed by atoms with Gasteiger partial charge in [-0.15, -0.1) is 49.6 Å². The minimum Gasteiger partial charge on any atom is -0.496 e. The molecule has 1 aliphatic rings. The van der Waals surface area contributed by atoms with Crippen LogP contribution in [-0.2, 0) is 6.42 Å². The van der Waals surface area contributed by atoms with Gasteiger partial charge in [0.1, 0.15) is 17.4 Å². The Kier molecular flexibility index (Phi) is 19.9. The smallest absolute Gasteiger partial charge is 0.191 e. The van der Waals surface area contributed by atoms with E-state index >= 15 is 0 Å². The van der Waals surface area contributed by atoms with E-state index in [2.05, 4.69) is 38.8 Å². The highest BCUT2D eigenvalue weighted by molar-refractivity contribution is 7.99. The van der Waals surface area contributed by atoms with E-state index in [9.17, 15) is 0 Å². The fourth-order valence-electron chi connectivity index (χ4n) is 3.90. The number of hydrogen-bond acceptors (Lipinski definition) is 9. The van der Waals surface area contributed by atoms with Crippen molar-refractivity contribution in [1.29, 1.82) is 0 Å². The third-order valence-corrected chi connectivity index (χ3v) is 6.62. The molecule has 2 aromatic rings. The van der Waals surface area contributed by atoms with Crippen molar-refractivity contribution in [1.82, 2.24) is 24.7 Å². The third kappa shape index (κ3) is 11.6. The summed E-state index contributed by atoms with van der Waals surface area (Å²) in [5.41, 5.74) is 14.3. The second kappa shape index (κ2) is 19.2. The second-order valence-electron chi connectivity index (χ2n) is 8.43. The number of methoxy groups -OCH3 is 1. The number of halogens is 4. The van der Waals surface area contributed by atoms with Gasteiger partial charge in [-0.2, -0.15) is 0 Å². The van der Waals surface area contributed by atoms with Crippen LogP contribution in [0.2, 0.25) is 0 Å². The summed E-state index contributed by atoms with van der Waals surface area (Å²) in [6, 6.07) is 7.84. The van der Waals surface area contributed by atoms with Gasteiger partial charge in [-0.25, -0.2) is 9.97 Å². The van der Waals surface area contributed by atoms with Gasteiger partial charge in [0.25, 0.3) is 0 Å². The molecule has 0 aliphatic carbocycles. The normalized spacial score (nSPS) is 13.7. The molecule has 1 aromatic carbocycles. The third-order valence-electron chi connectivity index (χ3n) is 5.79. The molecule has 36 heavy (non-hydrogen) atoms. The molecule has 2 heterocycles. The summed E-state index contributed by atoms with van der Waals surface area (Å²) in [6.45, 7) is 7.88. The Balaban J connectivity index is 0. The summed E-state index contributed by atoms with van der Waals surface area (Å²) in [7, 11) is 5.93. The highest BCUT2D eigenvalue weighted by Crippen LogP contribution is 2.27. The van der Waals surface area contributed by atoms with Crippen LogP contribution in [0, 0.1) is 0 Å². The second-order valence-corrected chi connectivity index (χ2v) is 9.49. The largest absolute Gasteiger partial charge is 0.496 e. The summed E-state index contributed by atoms with van der Waals surface area (Å²) in [4.78, 5) is 16.3. The first-order valence-corrected chi connectivity index (χ1v) is 12.2. The van der Waals surface area contributed by atoms with E-state index in [1.807, 2.05) is 24.3 Å². The number of anilines is 2. The van der Waals surface area contributed by atoms with Crippen molar-refractivity contribution >= 4 is 73.0 Å². The number of ether oxygens (including phenoxy) is 1. The molecular formula is C23H41Cl4N7OS. The lowest BCUT2D eigenvalue weighted by molar-refractivity contribution is 0.134. The number of piperazine rings is 1. The lowest BCUT2D eigenvalue weighted by Gasteiger charge is -2.34. The molecule has 0 spiro atoms. The number of nitrogens with zero attached hydrogens (tertiary/aromatic N) is 5. The number of aromatic nitrogens is 2. The topological polar surface area (TPSA) is 96.8 Å². The standard InChI is InChI=1S/C23H37N7OS.4ClH/c1-28(2)9-6-10-29-11-13-30(14-12-29)15-16-32-23-26-21(24)19(22(25)27-23)17-18-7-4-5-8-20(18)31-3;;;;/h4-5,7-8H,6,9-17H2,1-3H3,(H4,24,25,26,27);4*1H. The Labute approximate surface area is 244 Å². The van der Waals surface area contributed by atoms with E-state index in [1.54, 1.807) is 18.9 Å². The van der Waals surface area contributed by atoms with Crippen molar-refractivity contribution in [2.45, 2.75) is 18.0 Å². The number of benzene rings is 1. The number of nitrogen functional groups attached to an aromatic ring is 2. The van der Waals surface area contributed by atoms with Crippen LogP contribution in [0.15, 0.2) is 29.4 Å². The molecule has 1 fully saturated rings. The molecule has 1 aliphatic heterocycles. The maximum Gasteiger partial charge on any atom is 0.191 e. The van der Waals surface area contributed by atoms with E-state index in [0.29, 0.717) is 23.2 Å². The van der Waals surface area contributed by atoms with Gasteiger partial charge in [0.05, 0.1) is 7.11 Å². The number of nitrogens with two attached hydrogens (primary N) is 2. The summed E-state index contributed by atoms with van der Waals surface area (Å²) in [5.74, 6) is 2.61. The average Bonchev–Trinajstić information content (AvgIpc) is 2.77. The van der Waals surface area contributed by atoms with Gasteiger partial charge in [0.2, 0.25) is 0 Å². The van der Waals surface area contributed by atoms with Crippen LogP contribution in [0.5, 0.6) is 5.75 Å². The van der Waals surface area contributed by atoms with E-state index in [0.717, 1.165) is 61.9 Å². The molecule has 0 bridgehead atoms. The Morgan fingerprint density at radius 2 is 1.47 bits per heavy atom. The van der Waals surface area contributed by atoms with Gasteiger partial charge in [-0.3, -0.25) is 4.90 Å². The lowest BCUT2D eigenvalue weighted by Crippen LogP contribution is -2.47. The van der Waals surface area contributed by atoms with Gasteiger partial charge in [-0.05, 0) is 45.2 Å². The molecular weight excluding hydrogens is 564 g/mol. The molecule has 0 amide bonds. The predicted octanol–water partition coefficient (Wildman–Crippen LogP) is 3.59. The SMILES string of the molecule is COc1ccccc1Cc1c(N)nc(SCCN2CCN(CCCN(C)C)CC2)nc1N.Cl.Cl.Cl.Cl. The average molecular weight is 606 g/mol. The zero-order chi connectivity index (χ0) is 22.9. The molecule has 0 atom stereocenters. The summed E-state index contributed by atoms with van der Waals surface area (Å²) in [5, 5.41) is 0.645. The van der Waals surface area contributed by atoms with Gasteiger partial charge in [0.15, 0.2) is 5.16 Å². The van der Waals surface area contributed by atoms with Gasteiger partial charge >= 0.3 is 0 Å². The van der Waals surface area contributed by atoms with Crippen LogP contribution in [0.25, 0.3) is 0 Å². The molecule has 4 N–H and O–H groups in total. The van der Waals surface area contributed by atoms with Crippen LogP contribution in [0.3, 0.4) is 0 Å². The molecule has 3 rings (SSSR count). The minimum atomic E-state index is 0. The number of para-hydroxylation sites is 1. The Morgan fingerprint density at radius 1 is 0.917 bits per heavy atom. The van der Waals surface area contributed by atoms with Crippen LogP contribution in [0.4, 0.5) is 11.6 Å². The Hall–Kier alpha value is -0.910. The quantitative estimate of drug-likeness (QED) is 0.294. The van der Waals surface area contributed by atoms with E-state index in [4.69, 9.17) is 16.2 Å². The van der Waals surface area contributed by atoms with Crippen molar-refractivity contribution in [3.05, 3.63) is 35.4 Å². The summed E-state index contributed by atoms with van der Waals surface area (Å²) in [6.07, 6.45) is 1.78. The van der Waals surface area contributed by atoms with Gasteiger partial charge in [-0.1, -0.05) is 30.0 Å². The van der Waals surface area contributed by atoms with Crippen molar-refractivity contribution < 1.29 is 4.74 Å². The summed E-state index contributed by atoms with van der Waals surface area (Å²) < 4.78 is 5.43. The van der Waals surface area contributed by atoms with E-state index < -0.39 is 0 Å². The van der Waals surface area contributed by atoms with Crippen LogP contribution in [0.1, 0.15) is 17.5 Å². The molecule has 1 saturated heterocycles. The number of thioether (sulfide) groups is 1. The van der Waals surface area contributed by atoms with E-state index in [-0.39, 0.29) is 49.6 Å².